The van der Waals surface area contributed by atoms with E-state index in [0.717, 1.165) is 4.57 Å². The second-order valence-corrected chi connectivity index (χ2v) is 10.6. The van der Waals surface area contributed by atoms with Crippen LogP contribution in [0.15, 0.2) is 22.1 Å². The molecule has 41 heavy (non-hydrogen) atoms. The van der Waals surface area contributed by atoms with E-state index in [9.17, 15) is 33.7 Å². The van der Waals surface area contributed by atoms with Crippen molar-refractivity contribution in [1.29, 1.82) is 0 Å². The number of rotatable bonds is 8. The molecule has 0 bridgehead atoms. The Balaban J connectivity index is 0.00000189. The number of aromatic nitrogens is 6. The van der Waals surface area contributed by atoms with E-state index in [1.165, 1.54) is 10.9 Å². The molecule has 0 saturated carbocycles. The van der Waals surface area contributed by atoms with Gasteiger partial charge in [-0.15, -0.1) is 0 Å². The predicted molar refractivity (Wildman–Crippen MR) is 141 cm³/mol. The molecule has 7 atom stereocenters. The maximum atomic E-state index is 13.6. The molecule has 3 unspecified atom stereocenters. The third-order valence-electron chi connectivity index (χ3n) is 6.24. The number of nitrogens with two attached hydrogens (primary N) is 1. The highest BCUT2D eigenvalue weighted by molar-refractivity contribution is 7.71. The molecule has 20 heteroatoms. The summed E-state index contributed by atoms with van der Waals surface area (Å²) in [6, 6.07) is 0. The SMILES string of the molecule is CC.Nc1nc(=S)c2ncn([C@H]3C[C@@H](OP(=O)(O)OCC4O[C@@H](n5cc(F)c(=O)[nH]c5=O)C[C@H]4O)C(CO)O3)c2[nH]1. The van der Waals surface area contributed by atoms with Crippen molar-refractivity contribution < 1.29 is 42.6 Å². The number of fused-ring (bicyclic) bond motifs is 1. The number of aliphatic hydroxyl groups is 2. The minimum Gasteiger partial charge on any atom is -0.394 e. The van der Waals surface area contributed by atoms with Crippen LogP contribution in [0.1, 0.15) is 39.1 Å². The van der Waals surface area contributed by atoms with Gasteiger partial charge in [0, 0.05) is 12.8 Å². The van der Waals surface area contributed by atoms with Gasteiger partial charge in [-0.25, -0.2) is 19.3 Å². The zero-order valence-electron chi connectivity index (χ0n) is 21.7. The lowest BCUT2D eigenvalue weighted by atomic mass is 10.2. The number of aromatic amines is 2. The van der Waals surface area contributed by atoms with Crippen molar-refractivity contribution in [2.75, 3.05) is 18.9 Å². The van der Waals surface area contributed by atoms with Crippen LogP contribution in [0, 0.1) is 10.5 Å². The van der Waals surface area contributed by atoms with Gasteiger partial charge in [0.15, 0.2) is 10.6 Å². The maximum Gasteiger partial charge on any atom is 0.472 e. The zero-order chi connectivity index (χ0) is 30.1. The molecule has 0 spiro atoms. The van der Waals surface area contributed by atoms with Crippen LogP contribution in [0.5, 0.6) is 0 Å². The first kappa shape index (κ1) is 31.1. The molecule has 7 N–H and O–H groups in total. The highest BCUT2D eigenvalue weighted by atomic mass is 32.1. The number of phosphoric acid groups is 1. The normalized spacial score (nSPS) is 27.5. The monoisotopic (exact) mass is 621 g/mol. The Morgan fingerprint density at radius 3 is 2.61 bits per heavy atom. The molecule has 0 aromatic carbocycles. The Morgan fingerprint density at radius 2 is 1.90 bits per heavy atom. The van der Waals surface area contributed by atoms with Crippen LogP contribution in [0.25, 0.3) is 11.2 Å². The summed E-state index contributed by atoms with van der Waals surface area (Å²) in [7, 11) is -4.79. The number of hydrogen-bond donors (Lipinski definition) is 6. The fourth-order valence-electron chi connectivity index (χ4n) is 4.40. The second kappa shape index (κ2) is 12.6. The summed E-state index contributed by atoms with van der Waals surface area (Å²) in [6.07, 6.45) is -4.68. The van der Waals surface area contributed by atoms with Crippen molar-refractivity contribution in [1.82, 2.24) is 29.1 Å². The van der Waals surface area contributed by atoms with E-state index in [1.807, 2.05) is 13.8 Å². The molecule has 17 nitrogen and oxygen atoms in total. The number of H-pyrrole nitrogens is 2. The number of phosphoric ester groups is 1. The fraction of sp³-hybridized carbons (Fsp3) is 0.571. The number of nitrogen functional groups attached to an aromatic ring is 1. The average molecular weight is 622 g/mol. The summed E-state index contributed by atoms with van der Waals surface area (Å²) in [6.45, 7) is 2.81. The zero-order valence-corrected chi connectivity index (χ0v) is 23.5. The minimum atomic E-state index is -4.79. The Labute approximate surface area is 235 Å². The van der Waals surface area contributed by atoms with E-state index in [0.29, 0.717) is 17.4 Å². The smallest absolute Gasteiger partial charge is 0.394 e. The molecule has 2 saturated heterocycles. The topological polar surface area (TPSA) is 242 Å². The van der Waals surface area contributed by atoms with E-state index >= 15 is 0 Å². The Hall–Kier alpha value is -2.87. The van der Waals surface area contributed by atoms with Crippen LogP contribution in [0.3, 0.4) is 0 Å². The first-order chi connectivity index (χ1) is 19.5. The predicted octanol–water partition coefficient (Wildman–Crippen LogP) is 0.217. The van der Waals surface area contributed by atoms with Crippen LogP contribution in [-0.2, 0) is 23.1 Å². The number of ether oxygens (including phenoxy) is 2. The van der Waals surface area contributed by atoms with Gasteiger partial charge in [-0.05, 0) is 0 Å². The lowest BCUT2D eigenvalue weighted by Crippen LogP contribution is -2.34. The quantitative estimate of drug-likeness (QED) is 0.146. The lowest BCUT2D eigenvalue weighted by Gasteiger charge is -2.21. The number of imidazole rings is 1. The van der Waals surface area contributed by atoms with Crippen LogP contribution in [0.2, 0.25) is 0 Å². The Morgan fingerprint density at radius 1 is 1.22 bits per heavy atom. The highest BCUT2D eigenvalue weighted by Gasteiger charge is 2.43. The molecule has 3 aromatic heterocycles. The average Bonchev–Trinajstić information content (AvgIpc) is 3.62. The van der Waals surface area contributed by atoms with Gasteiger partial charge >= 0.3 is 13.5 Å². The second-order valence-electron chi connectivity index (χ2n) is 8.81. The van der Waals surface area contributed by atoms with E-state index in [-0.39, 0.29) is 23.4 Å². The van der Waals surface area contributed by atoms with Crippen LogP contribution in [-0.4, -0.2) is 81.8 Å². The summed E-state index contributed by atoms with van der Waals surface area (Å²) in [5, 5.41) is 20.0. The molecule has 2 fully saturated rings. The van der Waals surface area contributed by atoms with Crippen LogP contribution in [0.4, 0.5) is 10.3 Å². The summed E-state index contributed by atoms with van der Waals surface area (Å²) < 4.78 is 50.3. The maximum absolute atomic E-state index is 13.6. The molecule has 0 radical (unpaired) electrons. The Kier molecular flexibility index (Phi) is 9.52. The van der Waals surface area contributed by atoms with Gasteiger partial charge in [0.05, 0.1) is 31.8 Å². The van der Waals surface area contributed by atoms with Gasteiger partial charge in [0.25, 0.3) is 5.56 Å². The van der Waals surface area contributed by atoms with E-state index in [2.05, 4.69) is 15.0 Å². The molecule has 3 aromatic rings. The van der Waals surface area contributed by atoms with E-state index in [4.69, 9.17) is 36.5 Å². The standard InChI is InChI=1S/C19H23FN7O10PS.C2H6/c20-7-3-26(19(31)24-16(7)30)12-1-8(29)11(36-12)5-34-38(32,33)37-9-2-13(35-10(9)4-28)27-6-22-14-15(27)23-18(21)25-17(14)39;1-2/h3,6,8-13,28-29H,1-2,4-5H2,(H,32,33)(H,24,30,31)(H3,21,23,25,39);1-2H3/t8-,9-,10?,11?,12-,13-;/m1./s1. The third kappa shape index (κ3) is 6.63. The highest BCUT2D eigenvalue weighted by Crippen LogP contribution is 2.49. The van der Waals surface area contributed by atoms with Crippen molar-refractivity contribution >= 4 is 37.2 Å². The van der Waals surface area contributed by atoms with Crippen molar-refractivity contribution in [3.8, 4) is 0 Å². The first-order valence-corrected chi connectivity index (χ1v) is 14.3. The molecule has 0 aliphatic carbocycles. The molecular formula is C21H29FN7O10PS. The number of anilines is 1. The molecule has 2 aliphatic heterocycles. The molecule has 5 heterocycles. The molecule has 5 rings (SSSR count). The van der Waals surface area contributed by atoms with Gasteiger partial charge < -0.3 is 35.3 Å². The van der Waals surface area contributed by atoms with Gasteiger partial charge in [-0.1, -0.05) is 26.1 Å². The number of nitrogens with zero attached hydrogens (tertiary/aromatic N) is 4. The number of aliphatic hydroxyl groups excluding tert-OH is 2. The third-order valence-corrected chi connectivity index (χ3v) is 7.54. The largest absolute Gasteiger partial charge is 0.472 e. The van der Waals surface area contributed by atoms with Crippen molar-refractivity contribution in [3.63, 3.8) is 0 Å². The number of hydrogen-bond acceptors (Lipinski definition) is 13. The van der Waals surface area contributed by atoms with Crippen molar-refractivity contribution in [2.45, 2.75) is 63.6 Å². The van der Waals surface area contributed by atoms with Crippen LogP contribution >= 0.6 is 20.0 Å². The van der Waals surface area contributed by atoms with E-state index in [1.54, 1.807) is 4.98 Å². The van der Waals surface area contributed by atoms with Gasteiger partial charge in [0.1, 0.15) is 41.9 Å². The van der Waals surface area contributed by atoms with Crippen molar-refractivity contribution in [3.05, 3.63) is 43.8 Å². The van der Waals surface area contributed by atoms with Gasteiger partial charge in [-0.3, -0.25) is 28.0 Å². The lowest BCUT2D eigenvalue weighted by molar-refractivity contribution is -0.0568. The van der Waals surface area contributed by atoms with Crippen molar-refractivity contribution in [2.24, 2.45) is 0 Å². The van der Waals surface area contributed by atoms with Crippen LogP contribution < -0.4 is 17.0 Å². The number of halogens is 1. The summed E-state index contributed by atoms with van der Waals surface area (Å²) in [4.78, 5) is 46.2. The van der Waals surface area contributed by atoms with E-state index < -0.39 is 75.0 Å². The minimum absolute atomic E-state index is 0.00125. The summed E-state index contributed by atoms with van der Waals surface area (Å²) in [5.41, 5.74) is 4.30. The fourth-order valence-corrected chi connectivity index (χ4v) is 5.61. The van der Waals surface area contributed by atoms with Gasteiger partial charge in [-0.2, -0.15) is 4.39 Å². The molecule has 0 amide bonds. The molecule has 2 aliphatic rings. The number of nitrogens with one attached hydrogen (secondary N) is 2. The summed E-state index contributed by atoms with van der Waals surface area (Å²) >= 11 is 5.15. The molecular weight excluding hydrogens is 592 g/mol. The first-order valence-electron chi connectivity index (χ1n) is 12.4. The Bertz CT molecular complexity index is 1610. The summed E-state index contributed by atoms with van der Waals surface area (Å²) in [5.74, 6) is -1.19. The van der Waals surface area contributed by atoms with Gasteiger partial charge in [0.2, 0.25) is 5.82 Å². The molecule has 226 valence electrons.